The Morgan fingerprint density at radius 1 is 1.33 bits per heavy atom. The van der Waals surface area contributed by atoms with Crippen molar-refractivity contribution in [3.8, 4) is 0 Å². The van der Waals surface area contributed by atoms with Gasteiger partial charge >= 0.3 is 83.5 Å². The molecule has 0 aromatic rings. The van der Waals surface area contributed by atoms with Crippen molar-refractivity contribution in [2.75, 3.05) is 0 Å². The zero-order chi connectivity index (χ0) is 5.21. The normalized spacial score (nSPS) is 8.00. The van der Waals surface area contributed by atoms with E-state index in [1.807, 2.05) is 0 Å². The molecule has 3 N–H and O–H groups in total. The van der Waals surface area contributed by atoms with E-state index in [-0.39, 0.29) is 96.1 Å². The Morgan fingerprint density at radius 3 is 1.44 bits per heavy atom. The van der Waals surface area contributed by atoms with Crippen LogP contribution in [0.25, 0.3) is 0 Å². The predicted molar refractivity (Wildman–Crippen MR) is 33.6 cm³/mol. The molecule has 9 heteroatoms. The van der Waals surface area contributed by atoms with Gasteiger partial charge in [0.2, 0.25) is 0 Å². The average Bonchev–Trinajstić information content (AvgIpc) is 1.35. The fourth-order valence-electron chi connectivity index (χ4n) is 0. The molecule has 0 heterocycles. The third kappa shape index (κ3) is 24.8. The Morgan fingerprint density at radius 2 is 1.44 bits per heavy atom. The van der Waals surface area contributed by atoms with Crippen molar-refractivity contribution in [1.82, 2.24) is 0 Å². The summed E-state index contributed by atoms with van der Waals surface area (Å²) < 4.78 is 12.6. The van der Waals surface area contributed by atoms with Crippen LogP contribution in [0.2, 0.25) is 0 Å². The van der Waals surface area contributed by atoms with Gasteiger partial charge in [-0.2, -0.15) is 4.63 Å². The van der Waals surface area contributed by atoms with Crippen LogP contribution in [0.5, 0.6) is 0 Å². The van der Waals surface area contributed by atoms with Gasteiger partial charge in [-0.05, 0) is 0 Å². The molecule has 0 spiro atoms. The van der Waals surface area contributed by atoms with Crippen molar-refractivity contribution in [1.29, 1.82) is 0 Å². The molecule has 0 saturated carbocycles. The van der Waals surface area contributed by atoms with E-state index in [0.717, 1.165) is 0 Å². The molecule has 0 aromatic carbocycles. The molecule has 0 atom stereocenters. The first-order chi connectivity index (χ1) is 2.56. The Bertz CT molecular complexity index is 60.1. The molecule has 50 valence electrons. The second-order valence-electron chi connectivity index (χ2n) is 0.651. The first-order valence-electron chi connectivity index (χ1n) is 1.03. The Balaban J connectivity index is -0.00000000833. The number of halogens is 1. The largest absolute Gasteiger partial charge is 2.00 e. The minimum absolute atomic E-state index is 0. The quantitative estimate of drug-likeness (QED) is 0.377. The van der Waals surface area contributed by atoms with Crippen LogP contribution in [-0.4, -0.2) is 63.8 Å². The van der Waals surface area contributed by atoms with E-state index < -0.39 is 9.05 Å². The van der Waals surface area contributed by atoms with Crippen molar-refractivity contribution in [3.05, 3.63) is 0 Å². The fourth-order valence-corrected chi connectivity index (χ4v) is 0. The average molecular weight is 211 g/mol. The van der Waals surface area contributed by atoms with Gasteiger partial charge in [-0.25, -0.2) is 0 Å². The summed E-state index contributed by atoms with van der Waals surface area (Å²) in [7, 11) is -4.80. The van der Waals surface area contributed by atoms with E-state index in [1.165, 1.54) is 0 Å². The summed E-state index contributed by atoms with van der Waals surface area (Å²) in [5.74, 6) is 0. The zero-order valence-electron chi connectivity index (χ0n) is 7.33. The van der Waals surface area contributed by atoms with Crippen molar-refractivity contribution < 1.29 is 79.2 Å². The van der Waals surface area contributed by atoms with E-state index in [4.69, 9.17) is 14.4 Å². The standard InChI is InChI=1S/Al.FH3O4Si.K.Mg.6H/c;1-5-6(2,3)4;;;;;;;;/h;2-4H;;;;;;;;/q;;+1;+2;;;;3*-1. The molecule has 0 rings (SSSR count). The van der Waals surface area contributed by atoms with Crippen LogP contribution < -0.4 is 51.4 Å². The summed E-state index contributed by atoms with van der Waals surface area (Å²) in [6.45, 7) is 0. The van der Waals surface area contributed by atoms with Gasteiger partial charge in [-0.15, -0.1) is 0 Å². The van der Waals surface area contributed by atoms with Gasteiger partial charge in [0.15, 0.2) is 17.4 Å². The van der Waals surface area contributed by atoms with Gasteiger partial charge in [-0.3, -0.25) is 0 Å². The molecule has 0 saturated heterocycles. The van der Waals surface area contributed by atoms with E-state index in [9.17, 15) is 4.53 Å². The molecule has 0 radical (unpaired) electrons. The molecule has 0 fully saturated rings. The molecule has 9 heavy (non-hydrogen) atoms. The number of rotatable bonds is 1. The summed E-state index contributed by atoms with van der Waals surface area (Å²) in [6, 6.07) is 0. The van der Waals surface area contributed by atoms with Crippen LogP contribution in [0, 0.1) is 0 Å². The van der Waals surface area contributed by atoms with Crippen LogP contribution in [0.15, 0.2) is 0 Å². The second kappa shape index (κ2) is 10.9. The molecular formula is H9AlFKMgO4Si. The molecule has 0 bridgehead atoms. The zero-order valence-corrected chi connectivity index (χ0v) is 9.87. The molecular weight excluding hydrogens is 201 g/mol. The van der Waals surface area contributed by atoms with Gasteiger partial charge in [0.25, 0.3) is 0 Å². The topological polar surface area (TPSA) is 69.9 Å². The first-order valence-corrected chi connectivity index (χ1v) is 2.78. The summed E-state index contributed by atoms with van der Waals surface area (Å²) in [6.07, 6.45) is 0. The number of hydrogen-bond acceptors (Lipinski definition) is 4. The summed E-state index contributed by atoms with van der Waals surface area (Å²) in [5, 5.41) is 0. The molecule has 0 amide bonds. The second-order valence-corrected chi connectivity index (χ2v) is 1.95. The molecule has 0 unspecified atom stereocenters. The minimum atomic E-state index is -4.80. The van der Waals surface area contributed by atoms with Crippen LogP contribution in [-0.2, 0) is 4.63 Å². The predicted octanol–water partition coefficient (Wildman–Crippen LogP) is -5.92. The fraction of sp³-hybridized carbons (Fsp3) is 0. The van der Waals surface area contributed by atoms with Crippen LogP contribution in [0.4, 0.5) is 4.53 Å². The monoisotopic (exact) mass is 210 g/mol. The van der Waals surface area contributed by atoms with Gasteiger partial charge in [0.1, 0.15) is 0 Å². The SMILES string of the molecule is O[Si](O)(O)OF.[AlH3].[H-].[H-].[H-].[K+].[Mg+2]. The van der Waals surface area contributed by atoms with Crippen molar-refractivity contribution in [2.45, 2.75) is 0 Å². The van der Waals surface area contributed by atoms with Crippen molar-refractivity contribution >= 4 is 49.5 Å². The molecule has 0 aliphatic heterocycles. The summed E-state index contributed by atoms with van der Waals surface area (Å²) in [4.78, 5) is 22.4. The first kappa shape index (κ1) is 22.7. The third-order valence-corrected chi connectivity index (χ3v) is 0.311. The molecule has 0 aromatic heterocycles. The maximum absolute atomic E-state index is 10.3. The number of hydrogen-bond donors (Lipinski definition) is 3. The molecule has 0 aliphatic carbocycles. The van der Waals surface area contributed by atoms with E-state index in [1.54, 1.807) is 0 Å². The summed E-state index contributed by atoms with van der Waals surface area (Å²) in [5.41, 5.74) is 0. The molecule has 4 nitrogen and oxygen atoms in total. The van der Waals surface area contributed by atoms with Crippen molar-refractivity contribution in [3.63, 3.8) is 0 Å². The van der Waals surface area contributed by atoms with E-state index in [0.29, 0.717) is 0 Å². The Labute approximate surface area is 126 Å². The van der Waals surface area contributed by atoms with Crippen LogP contribution >= 0.6 is 0 Å². The van der Waals surface area contributed by atoms with Crippen LogP contribution in [0.1, 0.15) is 4.28 Å². The van der Waals surface area contributed by atoms with Gasteiger partial charge in [-0.1, -0.05) is 4.53 Å². The van der Waals surface area contributed by atoms with Gasteiger partial charge < -0.3 is 18.7 Å². The maximum atomic E-state index is 10.3. The van der Waals surface area contributed by atoms with E-state index in [2.05, 4.69) is 4.63 Å². The molecule has 0 aliphatic rings. The van der Waals surface area contributed by atoms with Crippen LogP contribution in [0.3, 0.4) is 0 Å². The minimum Gasteiger partial charge on any atom is -1.00 e. The van der Waals surface area contributed by atoms with Gasteiger partial charge in [0.05, 0.1) is 0 Å². The van der Waals surface area contributed by atoms with Crippen molar-refractivity contribution in [2.24, 2.45) is 0 Å². The van der Waals surface area contributed by atoms with Gasteiger partial charge in [0, 0.05) is 0 Å². The Hall–Kier alpha value is 2.92. The Kier molecular flexibility index (Phi) is 27.5. The summed E-state index contributed by atoms with van der Waals surface area (Å²) >= 11 is 0. The smallest absolute Gasteiger partial charge is 1.00 e. The third-order valence-electron chi connectivity index (χ3n) is 0.104. The maximum Gasteiger partial charge on any atom is 2.00 e. The van der Waals surface area contributed by atoms with E-state index >= 15 is 0 Å².